The molecule has 19 heavy (non-hydrogen) atoms. The highest BCUT2D eigenvalue weighted by Gasteiger charge is 2.17. The van der Waals surface area contributed by atoms with E-state index in [0.29, 0.717) is 11.3 Å². The van der Waals surface area contributed by atoms with Gasteiger partial charge in [-0.15, -0.1) is 0 Å². The van der Waals surface area contributed by atoms with Crippen LogP contribution in [0.4, 0.5) is 4.39 Å². The molecule has 0 aliphatic rings. The number of halogens is 2. The fourth-order valence-electron chi connectivity index (χ4n) is 1.58. The summed E-state index contributed by atoms with van der Waals surface area (Å²) in [5, 5.41) is 11.9. The molecule has 6 heteroatoms. The zero-order chi connectivity index (χ0) is 13.8. The highest BCUT2D eigenvalue weighted by Crippen LogP contribution is 2.18. The fraction of sp³-hybridized carbons (Fsp3) is 0.154. The predicted molar refractivity (Wildman–Crippen MR) is 70.1 cm³/mol. The van der Waals surface area contributed by atoms with Gasteiger partial charge in [-0.25, -0.2) is 4.39 Å². The van der Waals surface area contributed by atoms with Crippen LogP contribution in [0.25, 0.3) is 0 Å². The molecule has 2 rings (SSSR count). The van der Waals surface area contributed by atoms with Crippen LogP contribution < -0.4 is 5.32 Å². The fourth-order valence-corrected chi connectivity index (χ4v) is 1.95. The first-order valence-corrected chi connectivity index (χ1v) is 6.31. The molecule has 0 spiro atoms. The SMILES string of the molecule is O=C(NC(CO)c1ccco1)c1ccc(F)c(Br)c1. The number of carbonyl (C=O) groups is 1. The summed E-state index contributed by atoms with van der Waals surface area (Å²) in [4.78, 5) is 12.0. The highest BCUT2D eigenvalue weighted by atomic mass is 79.9. The summed E-state index contributed by atoms with van der Waals surface area (Å²) >= 11 is 3.01. The van der Waals surface area contributed by atoms with E-state index in [9.17, 15) is 14.3 Å². The molecule has 4 nitrogen and oxygen atoms in total. The number of furan rings is 1. The average molecular weight is 328 g/mol. The molecule has 2 aromatic rings. The summed E-state index contributed by atoms with van der Waals surface area (Å²) in [5.74, 6) is -0.408. The minimum Gasteiger partial charge on any atom is -0.467 e. The largest absolute Gasteiger partial charge is 0.467 e. The summed E-state index contributed by atoms with van der Waals surface area (Å²) in [6, 6.07) is 6.62. The Morgan fingerprint density at radius 3 is 2.84 bits per heavy atom. The Kier molecular flexibility index (Phi) is 4.34. The molecule has 0 aliphatic carbocycles. The van der Waals surface area contributed by atoms with Crippen molar-refractivity contribution in [2.24, 2.45) is 0 Å². The van der Waals surface area contributed by atoms with Crippen LogP contribution in [0.2, 0.25) is 0 Å². The molecule has 0 aliphatic heterocycles. The molecule has 1 aromatic heterocycles. The molecule has 0 saturated carbocycles. The van der Waals surface area contributed by atoms with Gasteiger partial charge in [0.05, 0.1) is 17.3 Å². The van der Waals surface area contributed by atoms with Gasteiger partial charge in [-0.2, -0.15) is 0 Å². The van der Waals surface area contributed by atoms with Crippen molar-refractivity contribution in [1.29, 1.82) is 0 Å². The van der Waals surface area contributed by atoms with Crippen molar-refractivity contribution in [3.8, 4) is 0 Å². The molecule has 1 amide bonds. The molecule has 1 unspecified atom stereocenters. The van der Waals surface area contributed by atoms with Crippen molar-refractivity contribution in [2.45, 2.75) is 6.04 Å². The number of nitrogens with one attached hydrogen (secondary N) is 1. The number of aliphatic hydroxyl groups excluding tert-OH is 1. The van der Waals surface area contributed by atoms with E-state index < -0.39 is 17.8 Å². The Labute approximate surface area is 117 Å². The second kappa shape index (κ2) is 5.99. The van der Waals surface area contributed by atoms with Gasteiger partial charge in [-0.1, -0.05) is 0 Å². The Hall–Kier alpha value is -1.66. The van der Waals surface area contributed by atoms with E-state index in [-0.39, 0.29) is 11.1 Å². The Morgan fingerprint density at radius 1 is 1.47 bits per heavy atom. The van der Waals surface area contributed by atoms with Crippen LogP contribution in [0.3, 0.4) is 0 Å². The van der Waals surface area contributed by atoms with Crippen LogP contribution in [0.15, 0.2) is 45.5 Å². The summed E-state index contributed by atoms with van der Waals surface area (Å²) in [6.07, 6.45) is 1.46. The molecule has 0 fully saturated rings. The van der Waals surface area contributed by atoms with E-state index in [0.717, 1.165) is 0 Å². The van der Waals surface area contributed by atoms with E-state index in [2.05, 4.69) is 21.2 Å². The van der Waals surface area contributed by atoms with Crippen molar-refractivity contribution in [3.63, 3.8) is 0 Å². The van der Waals surface area contributed by atoms with Gasteiger partial charge in [0.1, 0.15) is 17.6 Å². The number of hydrogen-bond donors (Lipinski definition) is 2. The third kappa shape index (κ3) is 3.21. The van der Waals surface area contributed by atoms with Crippen LogP contribution in [0.1, 0.15) is 22.2 Å². The summed E-state index contributed by atoms with van der Waals surface area (Å²) < 4.78 is 18.4. The van der Waals surface area contributed by atoms with Crippen LogP contribution in [-0.4, -0.2) is 17.6 Å². The standard InChI is InChI=1S/C13H11BrFNO3/c14-9-6-8(3-4-10(9)15)13(18)16-11(7-17)12-2-1-5-19-12/h1-6,11,17H,7H2,(H,16,18). The summed E-state index contributed by atoms with van der Waals surface area (Å²) in [7, 11) is 0. The topological polar surface area (TPSA) is 62.5 Å². The first-order valence-electron chi connectivity index (χ1n) is 5.52. The van der Waals surface area contributed by atoms with Crippen molar-refractivity contribution >= 4 is 21.8 Å². The lowest BCUT2D eigenvalue weighted by atomic mass is 10.1. The van der Waals surface area contributed by atoms with Crippen LogP contribution >= 0.6 is 15.9 Å². The monoisotopic (exact) mass is 327 g/mol. The first-order chi connectivity index (χ1) is 9.11. The Morgan fingerprint density at radius 2 is 2.26 bits per heavy atom. The second-order valence-corrected chi connectivity index (χ2v) is 4.71. The lowest BCUT2D eigenvalue weighted by Crippen LogP contribution is -2.30. The van der Waals surface area contributed by atoms with Crippen molar-refractivity contribution in [1.82, 2.24) is 5.32 Å². The van der Waals surface area contributed by atoms with Gasteiger partial charge in [-0.05, 0) is 46.3 Å². The minimum atomic E-state index is -0.633. The molecule has 1 atom stereocenters. The number of benzene rings is 1. The van der Waals surface area contributed by atoms with Gasteiger partial charge < -0.3 is 14.8 Å². The zero-order valence-corrected chi connectivity index (χ0v) is 11.4. The molecule has 1 heterocycles. The van der Waals surface area contributed by atoms with E-state index in [4.69, 9.17) is 4.42 Å². The smallest absolute Gasteiger partial charge is 0.251 e. The number of amides is 1. The predicted octanol–water partition coefficient (Wildman–Crippen LogP) is 2.64. The highest BCUT2D eigenvalue weighted by molar-refractivity contribution is 9.10. The van der Waals surface area contributed by atoms with Crippen LogP contribution in [0, 0.1) is 5.82 Å². The van der Waals surface area contributed by atoms with Crippen LogP contribution in [0.5, 0.6) is 0 Å². The van der Waals surface area contributed by atoms with E-state index in [1.807, 2.05) is 0 Å². The van der Waals surface area contributed by atoms with Gasteiger partial charge in [0.2, 0.25) is 0 Å². The van der Waals surface area contributed by atoms with Gasteiger partial charge in [0.15, 0.2) is 0 Å². The van der Waals surface area contributed by atoms with E-state index in [1.165, 1.54) is 24.5 Å². The number of rotatable bonds is 4. The average Bonchev–Trinajstić information content (AvgIpc) is 2.92. The molecule has 0 radical (unpaired) electrons. The van der Waals surface area contributed by atoms with Crippen molar-refractivity contribution in [2.75, 3.05) is 6.61 Å². The maximum absolute atomic E-state index is 13.1. The molecule has 0 bridgehead atoms. The third-order valence-electron chi connectivity index (χ3n) is 2.56. The van der Waals surface area contributed by atoms with Crippen LogP contribution in [-0.2, 0) is 0 Å². The van der Waals surface area contributed by atoms with E-state index >= 15 is 0 Å². The maximum atomic E-state index is 13.1. The van der Waals surface area contributed by atoms with Crippen molar-refractivity contribution in [3.05, 3.63) is 58.2 Å². The Bertz CT molecular complexity index is 571. The molecular formula is C13H11BrFNO3. The quantitative estimate of drug-likeness (QED) is 0.907. The molecule has 1 aromatic carbocycles. The summed E-state index contributed by atoms with van der Waals surface area (Å²) in [5.41, 5.74) is 0.290. The maximum Gasteiger partial charge on any atom is 0.251 e. The van der Waals surface area contributed by atoms with Gasteiger partial charge in [0, 0.05) is 5.56 Å². The van der Waals surface area contributed by atoms with Gasteiger partial charge in [-0.3, -0.25) is 4.79 Å². The lowest BCUT2D eigenvalue weighted by Gasteiger charge is -2.14. The second-order valence-electron chi connectivity index (χ2n) is 3.85. The molecule has 100 valence electrons. The first kappa shape index (κ1) is 13.8. The minimum absolute atomic E-state index is 0.207. The zero-order valence-electron chi connectivity index (χ0n) is 9.77. The van der Waals surface area contributed by atoms with E-state index in [1.54, 1.807) is 12.1 Å². The lowest BCUT2D eigenvalue weighted by molar-refractivity contribution is 0.0907. The number of carbonyl (C=O) groups excluding carboxylic acids is 1. The van der Waals surface area contributed by atoms with Crippen molar-refractivity contribution < 1.29 is 18.7 Å². The Balaban J connectivity index is 2.13. The summed E-state index contributed by atoms with van der Waals surface area (Å²) in [6.45, 7) is -0.290. The van der Waals surface area contributed by atoms with Gasteiger partial charge in [0.25, 0.3) is 5.91 Å². The molecule has 2 N–H and O–H groups in total. The third-order valence-corrected chi connectivity index (χ3v) is 3.16. The molecular weight excluding hydrogens is 317 g/mol. The number of aliphatic hydroxyl groups is 1. The number of hydrogen-bond acceptors (Lipinski definition) is 3. The normalized spacial score (nSPS) is 12.2. The van der Waals surface area contributed by atoms with Gasteiger partial charge >= 0.3 is 0 Å². The molecule has 0 saturated heterocycles.